The maximum Gasteiger partial charge on any atom is 0.222 e. The molecule has 4 rings (SSSR count). The van der Waals surface area contributed by atoms with E-state index in [1.807, 2.05) is 30.3 Å². The van der Waals surface area contributed by atoms with E-state index in [-0.39, 0.29) is 5.95 Å². The Kier molecular flexibility index (Phi) is 4.82. The molecule has 0 saturated heterocycles. The van der Waals surface area contributed by atoms with Gasteiger partial charge in [-0.25, -0.2) is 4.98 Å². The number of methoxy groups -OCH3 is 3. The molecule has 8 nitrogen and oxygen atoms in total. The fourth-order valence-corrected chi connectivity index (χ4v) is 3.10. The molecule has 4 aromatic rings. The van der Waals surface area contributed by atoms with Crippen LogP contribution in [0, 0.1) is 0 Å². The van der Waals surface area contributed by atoms with Crippen LogP contribution in [0.4, 0.5) is 17.5 Å². The van der Waals surface area contributed by atoms with Gasteiger partial charge in [0, 0.05) is 34.8 Å². The molecular weight excluding hydrogens is 372 g/mol. The highest BCUT2D eigenvalue weighted by Crippen LogP contribution is 2.40. The first kappa shape index (κ1) is 18.4. The quantitative estimate of drug-likeness (QED) is 0.502. The molecule has 0 bridgehead atoms. The second-order valence-electron chi connectivity index (χ2n) is 6.21. The van der Waals surface area contributed by atoms with Gasteiger partial charge < -0.3 is 29.7 Å². The molecule has 29 heavy (non-hydrogen) atoms. The van der Waals surface area contributed by atoms with Gasteiger partial charge in [0.25, 0.3) is 0 Å². The number of hydrogen-bond acceptors (Lipinski definition) is 8. The average Bonchev–Trinajstić information content (AvgIpc) is 3.20. The van der Waals surface area contributed by atoms with E-state index in [4.69, 9.17) is 24.4 Å². The van der Waals surface area contributed by atoms with Crippen LogP contribution in [0.5, 0.6) is 17.2 Å². The van der Waals surface area contributed by atoms with Crippen LogP contribution >= 0.6 is 0 Å². The number of anilines is 3. The number of nitrogens with one attached hydrogen (secondary N) is 1. The van der Waals surface area contributed by atoms with Crippen molar-refractivity contribution >= 4 is 28.4 Å². The van der Waals surface area contributed by atoms with Crippen LogP contribution in [0.2, 0.25) is 0 Å². The van der Waals surface area contributed by atoms with Gasteiger partial charge in [-0.05, 0) is 24.3 Å². The van der Waals surface area contributed by atoms with Crippen molar-refractivity contribution in [3.63, 3.8) is 0 Å². The Bertz CT molecular complexity index is 1150. The molecule has 2 aromatic heterocycles. The summed E-state index contributed by atoms with van der Waals surface area (Å²) >= 11 is 0. The van der Waals surface area contributed by atoms with E-state index in [0.29, 0.717) is 34.4 Å². The predicted molar refractivity (Wildman–Crippen MR) is 111 cm³/mol. The van der Waals surface area contributed by atoms with E-state index in [1.165, 1.54) is 0 Å². The summed E-state index contributed by atoms with van der Waals surface area (Å²) in [4.78, 5) is 8.64. The Morgan fingerprint density at radius 3 is 2.34 bits per heavy atom. The van der Waals surface area contributed by atoms with Gasteiger partial charge in [0.1, 0.15) is 11.4 Å². The highest BCUT2D eigenvalue weighted by atomic mass is 16.5. The van der Waals surface area contributed by atoms with E-state index in [1.54, 1.807) is 39.7 Å². The minimum atomic E-state index is 0.157. The lowest BCUT2D eigenvalue weighted by molar-refractivity contribution is 0.324. The molecule has 0 amide bonds. The molecule has 0 aliphatic rings. The van der Waals surface area contributed by atoms with E-state index in [2.05, 4.69) is 15.3 Å². The second kappa shape index (κ2) is 7.59. The Morgan fingerprint density at radius 2 is 1.66 bits per heavy atom. The maximum absolute atomic E-state index is 5.95. The number of hydrogen-bond donors (Lipinski definition) is 2. The van der Waals surface area contributed by atoms with Crippen molar-refractivity contribution in [2.24, 2.45) is 0 Å². The molecule has 0 aliphatic heterocycles. The van der Waals surface area contributed by atoms with E-state index >= 15 is 0 Å². The zero-order valence-corrected chi connectivity index (χ0v) is 16.2. The lowest BCUT2D eigenvalue weighted by atomic mass is 10.1. The number of nitrogens with zero attached hydrogens (tertiary/aromatic N) is 2. The lowest BCUT2D eigenvalue weighted by Gasteiger charge is -2.15. The van der Waals surface area contributed by atoms with Gasteiger partial charge in [-0.3, -0.25) is 0 Å². The number of nitrogens with two attached hydrogens (primary N) is 1. The molecule has 0 atom stereocenters. The summed E-state index contributed by atoms with van der Waals surface area (Å²) < 4.78 is 21.5. The summed E-state index contributed by atoms with van der Waals surface area (Å²) in [6.07, 6.45) is 1.65. The van der Waals surface area contributed by atoms with Crippen molar-refractivity contribution in [3.05, 3.63) is 48.7 Å². The van der Waals surface area contributed by atoms with Crippen molar-refractivity contribution in [1.82, 2.24) is 9.97 Å². The molecular formula is C21H20N4O4. The maximum atomic E-state index is 5.95. The van der Waals surface area contributed by atoms with E-state index in [9.17, 15) is 0 Å². The Balaban J connectivity index is 1.71. The number of benzene rings is 2. The molecule has 148 valence electrons. The first-order chi connectivity index (χ1) is 14.1. The molecule has 0 fully saturated rings. The molecule has 3 N–H and O–H groups in total. The third-order valence-electron chi connectivity index (χ3n) is 4.43. The Hall–Kier alpha value is -3.94. The molecule has 0 radical (unpaired) electrons. The Labute approximate surface area is 167 Å². The number of aromatic nitrogens is 2. The molecule has 2 aromatic carbocycles. The number of nitrogen functional groups attached to an aromatic ring is 1. The minimum absolute atomic E-state index is 0.157. The van der Waals surface area contributed by atoms with Crippen molar-refractivity contribution in [2.75, 3.05) is 32.4 Å². The lowest BCUT2D eigenvalue weighted by Crippen LogP contribution is -2.02. The largest absolute Gasteiger partial charge is 0.493 e. The summed E-state index contributed by atoms with van der Waals surface area (Å²) in [6, 6.07) is 13.1. The van der Waals surface area contributed by atoms with Gasteiger partial charge in [0.15, 0.2) is 11.5 Å². The minimum Gasteiger partial charge on any atom is -0.493 e. The first-order valence-electron chi connectivity index (χ1n) is 8.80. The first-order valence-corrected chi connectivity index (χ1v) is 8.80. The third-order valence-corrected chi connectivity index (χ3v) is 4.43. The predicted octanol–water partition coefficient (Wildman–Crippen LogP) is 4.24. The molecule has 0 unspecified atom stereocenters. The van der Waals surface area contributed by atoms with Crippen molar-refractivity contribution in [3.8, 4) is 28.5 Å². The van der Waals surface area contributed by atoms with Gasteiger partial charge >= 0.3 is 0 Å². The smallest absolute Gasteiger partial charge is 0.222 e. The van der Waals surface area contributed by atoms with E-state index < -0.39 is 0 Å². The number of furan rings is 1. The molecule has 2 heterocycles. The van der Waals surface area contributed by atoms with Gasteiger partial charge in [-0.15, -0.1) is 0 Å². The summed E-state index contributed by atoms with van der Waals surface area (Å²) in [5, 5.41) is 4.21. The zero-order valence-electron chi connectivity index (χ0n) is 16.2. The molecule has 0 saturated carbocycles. The van der Waals surface area contributed by atoms with Crippen molar-refractivity contribution in [1.29, 1.82) is 0 Å². The van der Waals surface area contributed by atoms with Crippen LogP contribution in [0.3, 0.4) is 0 Å². The highest BCUT2D eigenvalue weighted by Gasteiger charge is 2.14. The number of fused-ring (bicyclic) bond motifs is 1. The van der Waals surface area contributed by atoms with E-state index in [0.717, 1.165) is 16.5 Å². The monoisotopic (exact) mass is 392 g/mol. The number of rotatable bonds is 6. The summed E-state index contributed by atoms with van der Waals surface area (Å²) in [6.45, 7) is 0. The summed E-state index contributed by atoms with van der Waals surface area (Å²) in [5.74, 6) is 2.26. The molecule has 0 aliphatic carbocycles. The van der Waals surface area contributed by atoms with Gasteiger partial charge in [-0.2, -0.15) is 4.98 Å². The molecule has 0 spiro atoms. The van der Waals surface area contributed by atoms with Crippen LogP contribution in [-0.2, 0) is 0 Å². The van der Waals surface area contributed by atoms with Crippen LogP contribution in [0.15, 0.2) is 53.1 Å². The fraction of sp³-hybridized carbons (Fsp3) is 0.143. The van der Waals surface area contributed by atoms with Crippen LogP contribution in [-0.4, -0.2) is 31.3 Å². The fourth-order valence-electron chi connectivity index (χ4n) is 3.10. The normalized spacial score (nSPS) is 10.7. The standard InChI is InChI=1S/C21H20N4O4/c1-26-17-9-14(10-18(27-2)20(17)28-3)23-19-11-15(24-21(22)25-19)12-4-5-16-13(8-12)6-7-29-16/h4-11H,1-3H3,(H3,22,23,24,25). The second-order valence-corrected chi connectivity index (χ2v) is 6.21. The zero-order chi connectivity index (χ0) is 20.4. The van der Waals surface area contributed by atoms with Gasteiger partial charge in [-0.1, -0.05) is 0 Å². The van der Waals surface area contributed by atoms with Gasteiger partial charge in [0.05, 0.1) is 33.3 Å². The van der Waals surface area contributed by atoms with Crippen LogP contribution < -0.4 is 25.3 Å². The topological polar surface area (TPSA) is 105 Å². The van der Waals surface area contributed by atoms with Crippen LogP contribution in [0.25, 0.3) is 22.2 Å². The summed E-state index contributed by atoms with van der Waals surface area (Å²) in [7, 11) is 4.68. The third kappa shape index (κ3) is 3.60. The molecule has 8 heteroatoms. The Morgan fingerprint density at radius 1 is 0.897 bits per heavy atom. The van der Waals surface area contributed by atoms with Crippen molar-refractivity contribution < 1.29 is 18.6 Å². The SMILES string of the molecule is COc1cc(Nc2cc(-c3ccc4occc4c3)nc(N)n2)cc(OC)c1OC. The summed E-state index contributed by atoms with van der Waals surface area (Å²) in [5.41, 5.74) is 9.06. The van der Waals surface area contributed by atoms with Gasteiger partial charge in [0.2, 0.25) is 11.7 Å². The highest BCUT2D eigenvalue weighted by molar-refractivity contribution is 5.83. The van der Waals surface area contributed by atoms with Crippen molar-refractivity contribution in [2.45, 2.75) is 0 Å². The average molecular weight is 392 g/mol. The van der Waals surface area contributed by atoms with Crippen LogP contribution in [0.1, 0.15) is 0 Å². The number of ether oxygens (including phenoxy) is 3.